The molecule has 1 aliphatic rings. The van der Waals surface area contributed by atoms with Gasteiger partial charge >= 0.3 is 0 Å². The molecule has 0 amide bonds. The van der Waals surface area contributed by atoms with Crippen molar-refractivity contribution < 1.29 is 40.9 Å². The van der Waals surface area contributed by atoms with Crippen LogP contribution < -0.4 is 0 Å². The predicted octanol–water partition coefficient (Wildman–Crippen LogP) is 6.87. The van der Waals surface area contributed by atoms with E-state index in [1.807, 2.05) is 36.4 Å². The summed E-state index contributed by atoms with van der Waals surface area (Å²) in [5, 5.41) is 88.1. The van der Waals surface area contributed by atoms with Crippen molar-refractivity contribution in [3.05, 3.63) is 82.9 Å². The number of phenols is 8. The van der Waals surface area contributed by atoms with E-state index in [2.05, 4.69) is 53.1 Å². The first-order valence-corrected chi connectivity index (χ1v) is 15.6. The molecule has 2 aromatic heterocycles. The maximum absolute atomic E-state index is 11.1. The summed E-state index contributed by atoms with van der Waals surface area (Å²) in [6, 6.07) is 19.9. The van der Waals surface area contributed by atoms with Crippen LogP contribution in [0.2, 0.25) is 0 Å². The number of aromatic nitrogens is 4. The van der Waals surface area contributed by atoms with E-state index in [0.717, 1.165) is 27.5 Å². The summed E-state index contributed by atoms with van der Waals surface area (Å²) in [6.07, 6.45) is 0. The summed E-state index contributed by atoms with van der Waals surface area (Å²) in [6.45, 7) is 6.87. The molecule has 0 saturated carbocycles. The average Bonchev–Trinajstić information content (AvgIpc) is 3.55. The van der Waals surface area contributed by atoms with Crippen molar-refractivity contribution in [1.29, 1.82) is 0 Å². The zero-order valence-electron chi connectivity index (χ0n) is 27.1. The summed E-state index contributed by atoms with van der Waals surface area (Å²) in [5.41, 5.74) is 3.92. The smallest absolute Gasteiger partial charge is 0.238 e. The third-order valence-electron chi connectivity index (χ3n) is 9.91. The van der Waals surface area contributed by atoms with Crippen LogP contribution in [0.5, 0.6) is 46.0 Å². The number of fused-ring (bicyclic) bond motifs is 6. The lowest BCUT2D eigenvalue weighted by atomic mass is 9.82. The van der Waals surface area contributed by atoms with Gasteiger partial charge in [0.25, 0.3) is 0 Å². The first-order valence-electron chi connectivity index (χ1n) is 15.6. The number of rotatable bonds is 3. The summed E-state index contributed by atoms with van der Waals surface area (Å²) in [5.74, 6) is -7.49. The van der Waals surface area contributed by atoms with E-state index >= 15 is 0 Å². The van der Waals surface area contributed by atoms with E-state index in [1.54, 1.807) is 4.57 Å². The molecule has 1 aliphatic carbocycles. The van der Waals surface area contributed by atoms with Crippen molar-refractivity contribution in [3.8, 4) is 85.8 Å². The third kappa shape index (κ3) is 3.89. The number of hydrogen-bond donors (Lipinski definition) is 8. The first-order chi connectivity index (χ1) is 23.7. The van der Waals surface area contributed by atoms with Gasteiger partial charge in [0.2, 0.25) is 11.7 Å². The van der Waals surface area contributed by atoms with Crippen LogP contribution in [0.15, 0.2) is 60.7 Å². The molecule has 0 bridgehead atoms. The molecule has 7 aromatic rings. The molecule has 5 aromatic carbocycles. The molecule has 0 aliphatic heterocycles. The molecule has 0 spiro atoms. The normalized spacial score (nSPS) is 13.2. The lowest BCUT2D eigenvalue weighted by Gasteiger charge is -2.21. The largest absolute Gasteiger partial charge is 0.507 e. The zero-order chi connectivity index (χ0) is 35.5. The predicted molar refractivity (Wildman–Crippen MR) is 185 cm³/mol. The topological polar surface area (TPSA) is 205 Å². The maximum Gasteiger partial charge on any atom is 0.238 e. The maximum atomic E-state index is 11.1. The van der Waals surface area contributed by atoms with Crippen LogP contribution in [0.25, 0.3) is 61.7 Å². The molecule has 0 fully saturated rings. The molecule has 12 nitrogen and oxygen atoms in total. The molecule has 250 valence electrons. The second-order valence-electron chi connectivity index (χ2n) is 13.0. The van der Waals surface area contributed by atoms with Crippen LogP contribution >= 0.6 is 0 Å². The highest BCUT2D eigenvalue weighted by Crippen LogP contribution is 2.54. The molecule has 0 saturated heterocycles. The van der Waals surface area contributed by atoms with Crippen LogP contribution in [0.3, 0.4) is 0 Å². The van der Waals surface area contributed by atoms with Crippen molar-refractivity contribution in [2.24, 2.45) is 0 Å². The molecule has 0 atom stereocenters. The third-order valence-corrected chi connectivity index (χ3v) is 9.91. The monoisotopic (exact) mass is 670 g/mol. The molecule has 12 heteroatoms. The Balaban J connectivity index is 1.52. The van der Waals surface area contributed by atoms with Crippen LogP contribution in [-0.2, 0) is 5.41 Å². The van der Waals surface area contributed by atoms with Gasteiger partial charge in [0.05, 0.1) is 11.0 Å². The van der Waals surface area contributed by atoms with Crippen molar-refractivity contribution >= 4 is 21.8 Å². The van der Waals surface area contributed by atoms with Gasteiger partial charge in [-0.3, -0.25) is 4.57 Å². The molecular weight excluding hydrogens is 640 g/mol. The van der Waals surface area contributed by atoms with Gasteiger partial charge in [-0.05, 0) is 54.3 Å². The number of aromatic hydroxyl groups is 8. The lowest BCUT2D eigenvalue weighted by molar-refractivity contribution is 0.359. The van der Waals surface area contributed by atoms with Crippen molar-refractivity contribution in [2.45, 2.75) is 33.1 Å². The highest BCUT2D eigenvalue weighted by Gasteiger charge is 2.36. The second-order valence-corrected chi connectivity index (χ2v) is 13.0. The standard InChI is InChI=1S/C38H30N4O8/c1-15-27(43)25(33(49)34(50)30(15)46)35-39-36(26-31(47)28(44)16(2)29(45)32(26)48)41-37(40-35)42-23-12-8-6-10-18(23)20-13-19-17-9-5-7-11-21(17)38(3,4)22(19)14-24(20)42/h5-14,43-50H,1-4H3. The Labute approximate surface area is 283 Å². The molecular formula is C38H30N4O8. The molecule has 8 N–H and O–H groups in total. The van der Waals surface area contributed by atoms with Crippen molar-refractivity contribution in [1.82, 2.24) is 19.5 Å². The second kappa shape index (κ2) is 10.2. The van der Waals surface area contributed by atoms with Gasteiger partial charge in [-0.1, -0.05) is 56.3 Å². The fourth-order valence-electron chi connectivity index (χ4n) is 7.13. The molecule has 50 heavy (non-hydrogen) atoms. The summed E-state index contributed by atoms with van der Waals surface area (Å²) in [7, 11) is 0. The highest BCUT2D eigenvalue weighted by atomic mass is 16.3. The minimum atomic E-state index is -0.948. The van der Waals surface area contributed by atoms with E-state index < -0.39 is 68.8 Å². The van der Waals surface area contributed by atoms with Gasteiger partial charge in [-0.15, -0.1) is 0 Å². The SMILES string of the molecule is Cc1c(O)c(O)c(-c2nc(-c3c(O)c(C)c(O)c(O)c3O)nc(-n3c4ccccc4c4cc5c(cc43)C(C)(C)c3ccccc3-5)n2)c(O)c1O. The Morgan fingerprint density at radius 1 is 0.500 bits per heavy atom. The molecule has 8 rings (SSSR count). The Kier molecular flexibility index (Phi) is 6.22. The summed E-state index contributed by atoms with van der Waals surface area (Å²) >= 11 is 0. The van der Waals surface area contributed by atoms with Crippen LogP contribution in [0, 0.1) is 13.8 Å². The minimum absolute atomic E-state index is 0.105. The number of para-hydroxylation sites is 1. The Morgan fingerprint density at radius 3 is 1.72 bits per heavy atom. The summed E-state index contributed by atoms with van der Waals surface area (Å²) in [4.78, 5) is 13.6. The van der Waals surface area contributed by atoms with Crippen LogP contribution in [0.1, 0.15) is 36.1 Å². The van der Waals surface area contributed by atoms with E-state index in [1.165, 1.54) is 19.4 Å². The fraction of sp³-hybridized carbons (Fsp3) is 0.132. The molecule has 0 unspecified atom stereocenters. The lowest BCUT2D eigenvalue weighted by Crippen LogP contribution is -2.15. The number of phenolic OH excluding ortho intramolecular Hbond substituents is 8. The highest BCUT2D eigenvalue weighted by molar-refractivity contribution is 6.11. The van der Waals surface area contributed by atoms with E-state index in [9.17, 15) is 40.9 Å². The first kappa shape index (κ1) is 30.6. The Bertz CT molecular complexity index is 2500. The van der Waals surface area contributed by atoms with Gasteiger partial charge in [-0.25, -0.2) is 4.98 Å². The quantitative estimate of drug-likeness (QED) is 0.0719. The fourth-order valence-corrected chi connectivity index (χ4v) is 7.13. The van der Waals surface area contributed by atoms with E-state index in [0.29, 0.717) is 11.0 Å². The van der Waals surface area contributed by atoms with Gasteiger partial charge in [0.1, 0.15) is 16.9 Å². The van der Waals surface area contributed by atoms with E-state index in [-0.39, 0.29) is 22.5 Å². The van der Waals surface area contributed by atoms with E-state index in [4.69, 9.17) is 0 Å². The van der Waals surface area contributed by atoms with Gasteiger partial charge in [0, 0.05) is 27.3 Å². The van der Waals surface area contributed by atoms with Crippen LogP contribution in [0.4, 0.5) is 0 Å². The molecule has 0 radical (unpaired) electrons. The minimum Gasteiger partial charge on any atom is -0.507 e. The van der Waals surface area contributed by atoms with Gasteiger partial charge < -0.3 is 40.9 Å². The zero-order valence-corrected chi connectivity index (χ0v) is 27.1. The van der Waals surface area contributed by atoms with Crippen molar-refractivity contribution in [3.63, 3.8) is 0 Å². The number of nitrogens with zero attached hydrogens (tertiary/aromatic N) is 4. The Morgan fingerprint density at radius 2 is 1.04 bits per heavy atom. The number of hydrogen-bond acceptors (Lipinski definition) is 11. The average molecular weight is 671 g/mol. The van der Waals surface area contributed by atoms with Gasteiger partial charge in [-0.2, -0.15) is 9.97 Å². The van der Waals surface area contributed by atoms with Crippen LogP contribution in [-0.4, -0.2) is 60.4 Å². The molecule has 2 heterocycles. The number of benzene rings is 5. The Hall–Kier alpha value is -6.69. The summed E-state index contributed by atoms with van der Waals surface area (Å²) < 4.78 is 1.72. The van der Waals surface area contributed by atoms with Gasteiger partial charge in [0.15, 0.2) is 46.1 Å². The van der Waals surface area contributed by atoms with Crippen molar-refractivity contribution in [2.75, 3.05) is 0 Å².